The SMILES string of the molecule is CN(C1CCCCC1)S(=O)(=O)c1c(N)ncn1C. The molecule has 2 N–H and O–H groups in total. The standard InChI is InChI=1S/C11H20N4O2S/c1-14-8-13-10(12)11(14)18(16,17)15(2)9-6-4-3-5-7-9/h8-9H,3-7,12H2,1-2H3. The van der Waals surface area contributed by atoms with Gasteiger partial charge in [0.05, 0.1) is 6.33 Å². The monoisotopic (exact) mass is 272 g/mol. The van der Waals surface area contributed by atoms with Crippen LogP contribution in [0.5, 0.6) is 0 Å². The molecule has 6 nitrogen and oxygen atoms in total. The first kappa shape index (κ1) is 13.4. The fourth-order valence-electron chi connectivity index (χ4n) is 2.53. The van der Waals surface area contributed by atoms with Gasteiger partial charge in [-0.2, -0.15) is 4.31 Å². The van der Waals surface area contributed by atoms with Crippen LogP contribution in [0.4, 0.5) is 5.82 Å². The van der Waals surface area contributed by atoms with E-state index in [0.717, 1.165) is 25.7 Å². The van der Waals surface area contributed by atoms with Crippen LogP contribution in [-0.2, 0) is 17.1 Å². The van der Waals surface area contributed by atoms with Gasteiger partial charge in [0, 0.05) is 20.1 Å². The molecule has 0 saturated heterocycles. The highest BCUT2D eigenvalue weighted by molar-refractivity contribution is 7.89. The minimum Gasteiger partial charge on any atom is -0.381 e. The molecule has 0 bridgehead atoms. The van der Waals surface area contributed by atoms with Gasteiger partial charge in [-0.05, 0) is 12.8 Å². The number of hydrogen-bond donors (Lipinski definition) is 1. The van der Waals surface area contributed by atoms with E-state index in [1.54, 1.807) is 14.1 Å². The van der Waals surface area contributed by atoms with Gasteiger partial charge < -0.3 is 10.3 Å². The summed E-state index contributed by atoms with van der Waals surface area (Å²) < 4.78 is 28.0. The number of nitrogens with two attached hydrogens (primary N) is 1. The van der Waals surface area contributed by atoms with Crippen LogP contribution in [0.1, 0.15) is 32.1 Å². The third kappa shape index (κ3) is 2.24. The fourth-order valence-corrected chi connectivity index (χ4v) is 4.13. The van der Waals surface area contributed by atoms with Crippen LogP contribution in [0.2, 0.25) is 0 Å². The van der Waals surface area contributed by atoms with Gasteiger partial charge in [0.15, 0.2) is 10.8 Å². The summed E-state index contributed by atoms with van der Waals surface area (Å²) in [5, 5.41) is 0.0931. The molecule has 18 heavy (non-hydrogen) atoms. The summed E-state index contributed by atoms with van der Waals surface area (Å²) in [6, 6.07) is 0.0815. The number of nitrogens with zero attached hydrogens (tertiary/aromatic N) is 3. The number of hydrogen-bond acceptors (Lipinski definition) is 4. The predicted octanol–water partition coefficient (Wildman–Crippen LogP) is 0.955. The number of aromatic nitrogens is 2. The quantitative estimate of drug-likeness (QED) is 0.888. The zero-order valence-electron chi connectivity index (χ0n) is 10.8. The van der Waals surface area contributed by atoms with Crippen LogP contribution in [0, 0.1) is 0 Å². The molecule has 0 amide bonds. The summed E-state index contributed by atoms with van der Waals surface area (Å²) in [5.41, 5.74) is 5.66. The lowest BCUT2D eigenvalue weighted by atomic mass is 9.96. The lowest BCUT2D eigenvalue weighted by Gasteiger charge is -2.30. The Morgan fingerprint density at radius 1 is 1.39 bits per heavy atom. The second kappa shape index (κ2) is 4.89. The molecule has 1 fully saturated rings. The smallest absolute Gasteiger partial charge is 0.262 e. The molecule has 0 spiro atoms. The molecule has 1 aliphatic carbocycles. The van der Waals surface area contributed by atoms with Gasteiger partial charge in [0.25, 0.3) is 10.0 Å². The Kier molecular flexibility index (Phi) is 3.63. The van der Waals surface area contributed by atoms with E-state index in [1.807, 2.05) is 0 Å². The summed E-state index contributed by atoms with van der Waals surface area (Å²) in [4.78, 5) is 3.84. The Morgan fingerprint density at radius 3 is 2.50 bits per heavy atom. The highest BCUT2D eigenvalue weighted by atomic mass is 32.2. The van der Waals surface area contributed by atoms with Gasteiger partial charge in [-0.15, -0.1) is 0 Å². The third-order valence-electron chi connectivity index (χ3n) is 3.62. The number of anilines is 1. The van der Waals surface area contributed by atoms with E-state index in [1.165, 1.54) is 21.6 Å². The maximum atomic E-state index is 12.5. The Bertz CT molecular complexity index is 498. The molecule has 0 aromatic carbocycles. The summed E-state index contributed by atoms with van der Waals surface area (Å²) in [7, 11) is -0.267. The van der Waals surface area contributed by atoms with E-state index < -0.39 is 10.0 Å². The molecular formula is C11H20N4O2S. The van der Waals surface area contributed by atoms with E-state index in [0.29, 0.717) is 0 Å². The molecule has 0 atom stereocenters. The Morgan fingerprint density at radius 2 is 2.00 bits per heavy atom. The van der Waals surface area contributed by atoms with E-state index in [4.69, 9.17) is 5.73 Å². The van der Waals surface area contributed by atoms with Crippen LogP contribution in [0.3, 0.4) is 0 Å². The number of rotatable bonds is 3. The number of aryl methyl sites for hydroxylation is 1. The first-order valence-electron chi connectivity index (χ1n) is 6.19. The van der Waals surface area contributed by atoms with Crippen molar-refractivity contribution < 1.29 is 8.42 Å². The zero-order valence-corrected chi connectivity index (χ0v) is 11.7. The van der Waals surface area contributed by atoms with Crippen molar-refractivity contribution in [3.63, 3.8) is 0 Å². The molecule has 1 heterocycles. The minimum atomic E-state index is -3.55. The second-order valence-electron chi connectivity index (χ2n) is 4.86. The molecule has 0 aliphatic heterocycles. The van der Waals surface area contributed by atoms with Crippen molar-refractivity contribution in [1.82, 2.24) is 13.9 Å². The van der Waals surface area contributed by atoms with Crippen LogP contribution < -0.4 is 5.73 Å². The molecule has 102 valence electrons. The molecule has 0 radical (unpaired) electrons. The third-order valence-corrected chi connectivity index (χ3v) is 5.66. The molecule has 7 heteroatoms. The molecule has 1 saturated carbocycles. The van der Waals surface area contributed by atoms with Gasteiger partial charge in [-0.1, -0.05) is 19.3 Å². The summed E-state index contributed by atoms with van der Waals surface area (Å²) in [5.74, 6) is 0.0696. The van der Waals surface area contributed by atoms with E-state index >= 15 is 0 Å². The molecule has 1 aliphatic rings. The number of imidazole rings is 1. The van der Waals surface area contributed by atoms with Crippen LogP contribution >= 0.6 is 0 Å². The minimum absolute atomic E-state index is 0.0696. The van der Waals surface area contributed by atoms with Crippen LogP contribution in [0.25, 0.3) is 0 Å². The van der Waals surface area contributed by atoms with E-state index in [-0.39, 0.29) is 16.9 Å². The van der Waals surface area contributed by atoms with Crippen molar-refractivity contribution in [3.05, 3.63) is 6.33 Å². The first-order chi connectivity index (χ1) is 8.44. The molecule has 1 aromatic rings. The maximum Gasteiger partial charge on any atom is 0.262 e. The Hall–Kier alpha value is -1.08. The predicted molar refractivity (Wildman–Crippen MR) is 69.4 cm³/mol. The second-order valence-corrected chi connectivity index (χ2v) is 6.77. The van der Waals surface area contributed by atoms with E-state index in [2.05, 4.69) is 4.98 Å². The number of sulfonamides is 1. The summed E-state index contributed by atoms with van der Waals surface area (Å²) >= 11 is 0. The van der Waals surface area contributed by atoms with Gasteiger partial charge >= 0.3 is 0 Å². The topological polar surface area (TPSA) is 81.2 Å². The van der Waals surface area contributed by atoms with Crippen molar-refractivity contribution in [1.29, 1.82) is 0 Å². The molecule has 1 aromatic heterocycles. The zero-order chi connectivity index (χ0) is 13.3. The largest absolute Gasteiger partial charge is 0.381 e. The average Bonchev–Trinajstić information content (AvgIpc) is 2.69. The number of nitrogen functional groups attached to an aromatic ring is 1. The van der Waals surface area contributed by atoms with Crippen molar-refractivity contribution in [3.8, 4) is 0 Å². The van der Waals surface area contributed by atoms with Crippen LogP contribution in [0.15, 0.2) is 11.4 Å². The lowest BCUT2D eigenvalue weighted by molar-refractivity contribution is 0.284. The fraction of sp³-hybridized carbons (Fsp3) is 0.727. The summed E-state index contributed by atoms with van der Waals surface area (Å²) in [6.07, 6.45) is 6.65. The highest BCUT2D eigenvalue weighted by Crippen LogP contribution is 2.27. The lowest BCUT2D eigenvalue weighted by Crippen LogP contribution is -2.39. The molecule has 2 rings (SSSR count). The van der Waals surface area contributed by atoms with Crippen LogP contribution in [-0.4, -0.2) is 35.4 Å². The molecular weight excluding hydrogens is 252 g/mol. The van der Waals surface area contributed by atoms with Gasteiger partial charge in [0.2, 0.25) is 0 Å². The first-order valence-corrected chi connectivity index (χ1v) is 7.63. The van der Waals surface area contributed by atoms with Crippen molar-refractivity contribution in [2.45, 2.75) is 43.2 Å². The van der Waals surface area contributed by atoms with Gasteiger partial charge in [-0.25, -0.2) is 13.4 Å². The Labute approximate surface area is 108 Å². The van der Waals surface area contributed by atoms with Crippen molar-refractivity contribution >= 4 is 15.8 Å². The maximum absolute atomic E-state index is 12.5. The van der Waals surface area contributed by atoms with E-state index in [9.17, 15) is 8.42 Å². The molecule has 0 unspecified atom stereocenters. The normalized spacial score (nSPS) is 18.4. The Balaban J connectivity index is 2.30. The van der Waals surface area contributed by atoms with Gasteiger partial charge in [-0.3, -0.25) is 0 Å². The van der Waals surface area contributed by atoms with Gasteiger partial charge in [0.1, 0.15) is 0 Å². The van der Waals surface area contributed by atoms with Crippen molar-refractivity contribution in [2.75, 3.05) is 12.8 Å². The van der Waals surface area contributed by atoms with Crippen molar-refractivity contribution in [2.24, 2.45) is 7.05 Å². The summed E-state index contributed by atoms with van der Waals surface area (Å²) in [6.45, 7) is 0. The average molecular weight is 272 g/mol. The highest BCUT2D eigenvalue weighted by Gasteiger charge is 2.32.